The zero-order valence-corrected chi connectivity index (χ0v) is 18.2. The number of anilines is 1. The van der Waals surface area contributed by atoms with Crippen molar-refractivity contribution in [3.8, 4) is 11.4 Å². The monoisotopic (exact) mass is 484 g/mol. The van der Waals surface area contributed by atoms with Crippen molar-refractivity contribution in [1.82, 2.24) is 14.8 Å². The number of aromatic nitrogens is 3. The van der Waals surface area contributed by atoms with Gasteiger partial charge in [-0.2, -0.15) is 0 Å². The number of carbonyl (C=O) groups excluding carboxylic acids is 1. The van der Waals surface area contributed by atoms with E-state index < -0.39 is 0 Å². The van der Waals surface area contributed by atoms with Crippen LogP contribution >= 0.6 is 50.9 Å². The second-order valence-corrected chi connectivity index (χ2v) is 8.11. The summed E-state index contributed by atoms with van der Waals surface area (Å²) in [6.45, 7) is 2.67. The standard InChI is InChI=1S/C18H15BrCl2N4OS/c1-2-25-17(12-5-3-4-6-14(12)20)23-24-18(25)27-10-16(26)22-11-7-8-15(21)13(19)9-11/h3-9H,2,10H2,1H3,(H,22,26). The van der Waals surface area contributed by atoms with Gasteiger partial charge in [0.05, 0.1) is 15.8 Å². The fourth-order valence-corrected chi connectivity index (χ4v) is 3.94. The Morgan fingerprint density at radius 1 is 1.19 bits per heavy atom. The van der Waals surface area contributed by atoms with E-state index >= 15 is 0 Å². The molecule has 0 aliphatic carbocycles. The first-order chi connectivity index (χ1) is 13.0. The third kappa shape index (κ3) is 4.85. The van der Waals surface area contributed by atoms with Crippen LogP contribution in [-0.2, 0) is 11.3 Å². The Balaban J connectivity index is 1.70. The van der Waals surface area contributed by atoms with Crippen LogP contribution in [0.3, 0.4) is 0 Å². The minimum absolute atomic E-state index is 0.140. The second kappa shape index (κ2) is 9.10. The summed E-state index contributed by atoms with van der Waals surface area (Å²) in [4.78, 5) is 12.3. The number of halogens is 3. The zero-order valence-electron chi connectivity index (χ0n) is 14.2. The summed E-state index contributed by atoms with van der Waals surface area (Å²) in [5.74, 6) is 0.757. The molecule has 5 nitrogen and oxygen atoms in total. The van der Waals surface area contributed by atoms with E-state index in [2.05, 4.69) is 31.4 Å². The van der Waals surface area contributed by atoms with Gasteiger partial charge >= 0.3 is 0 Å². The molecule has 0 saturated carbocycles. The van der Waals surface area contributed by atoms with Gasteiger partial charge in [-0.25, -0.2) is 0 Å². The van der Waals surface area contributed by atoms with E-state index in [0.717, 1.165) is 10.0 Å². The van der Waals surface area contributed by atoms with Crippen molar-refractivity contribution in [3.63, 3.8) is 0 Å². The molecule has 27 heavy (non-hydrogen) atoms. The van der Waals surface area contributed by atoms with Crippen molar-refractivity contribution < 1.29 is 4.79 Å². The van der Waals surface area contributed by atoms with Crippen LogP contribution in [-0.4, -0.2) is 26.4 Å². The highest BCUT2D eigenvalue weighted by Crippen LogP contribution is 2.29. The maximum Gasteiger partial charge on any atom is 0.234 e. The molecule has 3 rings (SSSR count). The van der Waals surface area contributed by atoms with Gasteiger partial charge in [-0.15, -0.1) is 10.2 Å². The molecule has 2 aromatic carbocycles. The molecular weight excluding hydrogens is 471 g/mol. The predicted octanol–water partition coefficient (Wildman–Crippen LogP) is 5.77. The molecule has 0 bridgehead atoms. The highest BCUT2D eigenvalue weighted by Gasteiger charge is 2.16. The summed E-state index contributed by atoms with van der Waals surface area (Å²) in [5.41, 5.74) is 1.49. The van der Waals surface area contributed by atoms with Crippen LogP contribution in [0.15, 0.2) is 52.1 Å². The number of rotatable bonds is 6. The molecule has 0 radical (unpaired) electrons. The van der Waals surface area contributed by atoms with Crippen LogP contribution in [0, 0.1) is 0 Å². The molecule has 0 spiro atoms. The van der Waals surface area contributed by atoms with Gasteiger partial charge in [-0.3, -0.25) is 4.79 Å². The van der Waals surface area contributed by atoms with Gasteiger partial charge < -0.3 is 9.88 Å². The van der Waals surface area contributed by atoms with Crippen LogP contribution in [0.4, 0.5) is 5.69 Å². The number of hydrogen-bond donors (Lipinski definition) is 1. The Morgan fingerprint density at radius 3 is 2.67 bits per heavy atom. The molecule has 0 aliphatic rings. The summed E-state index contributed by atoms with van der Waals surface area (Å²) in [6.07, 6.45) is 0. The molecule has 0 fully saturated rings. The van der Waals surface area contributed by atoms with Crippen molar-refractivity contribution in [3.05, 3.63) is 57.0 Å². The second-order valence-electron chi connectivity index (χ2n) is 5.50. The zero-order chi connectivity index (χ0) is 19.4. The Hall–Kier alpha value is -1.54. The summed E-state index contributed by atoms with van der Waals surface area (Å²) in [7, 11) is 0. The van der Waals surface area contributed by atoms with Crippen molar-refractivity contribution in [2.24, 2.45) is 0 Å². The average molecular weight is 486 g/mol. The van der Waals surface area contributed by atoms with Gasteiger partial charge in [0, 0.05) is 22.3 Å². The molecule has 0 saturated heterocycles. The fraction of sp³-hybridized carbons (Fsp3) is 0.167. The van der Waals surface area contributed by atoms with Crippen LogP contribution in [0.2, 0.25) is 10.0 Å². The lowest BCUT2D eigenvalue weighted by atomic mass is 10.2. The Bertz CT molecular complexity index is 980. The summed E-state index contributed by atoms with van der Waals surface area (Å²) >= 11 is 16.9. The van der Waals surface area contributed by atoms with Crippen molar-refractivity contribution in [1.29, 1.82) is 0 Å². The number of nitrogens with zero attached hydrogens (tertiary/aromatic N) is 3. The highest BCUT2D eigenvalue weighted by molar-refractivity contribution is 9.10. The number of thioether (sulfide) groups is 1. The first kappa shape index (κ1) is 20.2. The lowest BCUT2D eigenvalue weighted by Gasteiger charge is -2.09. The SMILES string of the molecule is CCn1c(SCC(=O)Nc2ccc(Cl)c(Br)c2)nnc1-c1ccccc1Cl. The smallest absolute Gasteiger partial charge is 0.234 e. The summed E-state index contributed by atoms with van der Waals surface area (Å²) < 4.78 is 2.67. The van der Waals surface area contributed by atoms with Crippen LogP contribution in [0.1, 0.15) is 6.92 Å². The van der Waals surface area contributed by atoms with Crippen molar-refractivity contribution >= 4 is 62.5 Å². The molecule has 0 atom stereocenters. The van der Waals surface area contributed by atoms with Gasteiger partial charge in [-0.1, -0.05) is 47.1 Å². The largest absolute Gasteiger partial charge is 0.325 e. The minimum Gasteiger partial charge on any atom is -0.325 e. The van der Waals surface area contributed by atoms with E-state index in [9.17, 15) is 4.79 Å². The molecule has 9 heteroatoms. The van der Waals surface area contributed by atoms with Crippen LogP contribution < -0.4 is 5.32 Å². The van der Waals surface area contributed by atoms with Gasteiger partial charge in [0.1, 0.15) is 0 Å². The normalized spacial score (nSPS) is 10.8. The number of benzene rings is 2. The lowest BCUT2D eigenvalue weighted by molar-refractivity contribution is -0.113. The number of carbonyl (C=O) groups is 1. The molecule has 1 N–H and O–H groups in total. The van der Waals surface area contributed by atoms with E-state index in [0.29, 0.717) is 33.3 Å². The van der Waals surface area contributed by atoms with Gasteiger partial charge in [-0.05, 0) is 53.2 Å². The van der Waals surface area contributed by atoms with E-state index in [1.54, 1.807) is 18.2 Å². The third-order valence-electron chi connectivity index (χ3n) is 3.68. The van der Waals surface area contributed by atoms with Crippen molar-refractivity contribution in [2.45, 2.75) is 18.6 Å². The fourth-order valence-electron chi connectivity index (χ4n) is 2.42. The van der Waals surface area contributed by atoms with E-state index in [1.807, 2.05) is 35.8 Å². The highest BCUT2D eigenvalue weighted by atomic mass is 79.9. The van der Waals surface area contributed by atoms with Crippen LogP contribution in [0.5, 0.6) is 0 Å². The molecule has 1 amide bonds. The third-order valence-corrected chi connectivity index (χ3v) is 6.19. The minimum atomic E-state index is -0.140. The predicted molar refractivity (Wildman–Crippen MR) is 115 cm³/mol. The maximum atomic E-state index is 12.3. The van der Waals surface area contributed by atoms with E-state index in [4.69, 9.17) is 23.2 Å². The summed E-state index contributed by atoms with van der Waals surface area (Å²) in [5, 5.41) is 13.2. The quantitative estimate of drug-likeness (QED) is 0.450. The Morgan fingerprint density at radius 2 is 1.96 bits per heavy atom. The lowest BCUT2D eigenvalue weighted by Crippen LogP contribution is -2.14. The molecule has 3 aromatic rings. The molecule has 0 aliphatic heterocycles. The molecular formula is C18H15BrCl2N4OS. The van der Waals surface area contributed by atoms with Crippen molar-refractivity contribution in [2.75, 3.05) is 11.1 Å². The average Bonchev–Trinajstić information content (AvgIpc) is 3.06. The summed E-state index contributed by atoms with van der Waals surface area (Å²) in [6, 6.07) is 12.7. The molecule has 1 aromatic heterocycles. The molecule has 1 heterocycles. The topological polar surface area (TPSA) is 59.8 Å². The van der Waals surface area contributed by atoms with Gasteiger partial charge in [0.25, 0.3) is 0 Å². The molecule has 0 unspecified atom stereocenters. The number of amides is 1. The first-order valence-electron chi connectivity index (χ1n) is 8.05. The maximum absolute atomic E-state index is 12.3. The van der Waals surface area contributed by atoms with E-state index in [-0.39, 0.29) is 11.7 Å². The Kier molecular flexibility index (Phi) is 6.81. The number of nitrogens with one attached hydrogen (secondary N) is 1. The van der Waals surface area contributed by atoms with Crippen LogP contribution in [0.25, 0.3) is 11.4 Å². The number of hydrogen-bond acceptors (Lipinski definition) is 4. The molecule has 140 valence electrons. The van der Waals surface area contributed by atoms with E-state index in [1.165, 1.54) is 11.8 Å². The Labute approximate surface area is 179 Å². The van der Waals surface area contributed by atoms with Gasteiger partial charge in [0.15, 0.2) is 11.0 Å². The first-order valence-corrected chi connectivity index (χ1v) is 10.6. The van der Waals surface area contributed by atoms with Gasteiger partial charge in [0.2, 0.25) is 5.91 Å².